The van der Waals surface area contributed by atoms with Crippen LogP contribution in [0.2, 0.25) is 0 Å². The Labute approximate surface area is 126 Å². The molecule has 1 aliphatic heterocycles. The van der Waals surface area contributed by atoms with Gasteiger partial charge in [0.15, 0.2) is 0 Å². The molecular weight excluding hydrogens is 292 g/mol. The van der Waals surface area contributed by atoms with Gasteiger partial charge < -0.3 is 10.4 Å². The van der Waals surface area contributed by atoms with Gasteiger partial charge in [-0.25, -0.2) is 8.42 Å². The van der Waals surface area contributed by atoms with Crippen LogP contribution < -0.4 is 5.32 Å². The quantitative estimate of drug-likeness (QED) is 0.751. The van der Waals surface area contributed by atoms with Gasteiger partial charge in [-0.1, -0.05) is 19.8 Å². The molecule has 1 amide bonds. The predicted octanol–water partition coefficient (Wildman–Crippen LogP) is 0.612. The summed E-state index contributed by atoms with van der Waals surface area (Å²) < 4.78 is 25.7. The zero-order valence-corrected chi connectivity index (χ0v) is 13.5. The van der Waals surface area contributed by atoms with Gasteiger partial charge in [0.1, 0.15) is 6.04 Å². The van der Waals surface area contributed by atoms with E-state index >= 15 is 0 Å². The topological polar surface area (TPSA) is 86.7 Å². The molecule has 0 bridgehead atoms. The maximum Gasteiger partial charge on any atom is 0.238 e. The normalized spacial score (nSPS) is 26.1. The maximum absolute atomic E-state index is 12.3. The smallest absolute Gasteiger partial charge is 0.238 e. The average Bonchev–Trinajstić information content (AvgIpc) is 3.05. The van der Waals surface area contributed by atoms with Crippen molar-refractivity contribution >= 4 is 15.9 Å². The van der Waals surface area contributed by atoms with Crippen LogP contribution in [0.15, 0.2) is 0 Å². The highest BCUT2D eigenvalue weighted by molar-refractivity contribution is 7.89. The number of nitrogens with zero attached hydrogens (tertiary/aromatic N) is 1. The van der Waals surface area contributed by atoms with Crippen molar-refractivity contribution in [1.82, 2.24) is 9.62 Å². The highest BCUT2D eigenvalue weighted by atomic mass is 32.2. The summed E-state index contributed by atoms with van der Waals surface area (Å²) in [6.45, 7) is 2.47. The second-order valence-corrected chi connectivity index (χ2v) is 8.28. The molecule has 122 valence electrons. The number of sulfonamides is 1. The Morgan fingerprint density at radius 1 is 1.33 bits per heavy atom. The molecule has 1 unspecified atom stereocenters. The molecule has 0 spiro atoms. The lowest BCUT2D eigenvalue weighted by molar-refractivity contribution is -0.125. The third-order valence-corrected chi connectivity index (χ3v) is 6.53. The van der Waals surface area contributed by atoms with Gasteiger partial charge in [-0.05, 0) is 32.1 Å². The first-order valence-electron chi connectivity index (χ1n) is 7.87. The third kappa shape index (κ3) is 3.96. The number of rotatable bonds is 6. The van der Waals surface area contributed by atoms with E-state index in [1.54, 1.807) is 0 Å². The predicted molar refractivity (Wildman–Crippen MR) is 80.2 cm³/mol. The standard InChI is InChI=1S/C14H26N2O4S/c1-2-10-21(19,20)16-9-5-6-12(16)13(17)15-11-14(18)7-3-4-8-14/h12,18H,2-11H2,1H3,(H,15,17). The van der Waals surface area contributed by atoms with Crippen LogP contribution in [-0.4, -0.2) is 54.2 Å². The molecule has 0 radical (unpaired) electrons. The van der Waals surface area contributed by atoms with Gasteiger partial charge in [0.25, 0.3) is 0 Å². The summed E-state index contributed by atoms with van der Waals surface area (Å²) in [5, 5.41) is 13.0. The van der Waals surface area contributed by atoms with Crippen LogP contribution in [0.25, 0.3) is 0 Å². The van der Waals surface area contributed by atoms with Gasteiger partial charge in [-0.3, -0.25) is 4.79 Å². The van der Waals surface area contributed by atoms with E-state index < -0.39 is 21.7 Å². The summed E-state index contributed by atoms with van der Waals surface area (Å²) >= 11 is 0. The van der Waals surface area contributed by atoms with Crippen molar-refractivity contribution in [2.45, 2.75) is 63.5 Å². The number of carbonyl (C=O) groups excluding carboxylic acids is 1. The minimum atomic E-state index is -3.35. The fraction of sp³-hybridized carbons (Fsp3) is 0.929. The molecule has 1 atom stereocenters. The first kappa shape index (κ1) is 16.7. The molecule has 2 aliphatic rings. The van der Waals surface area contributed by atoms with Crippen LogP contribution >= 0.6 is 0 Å². The second kappa shape index (κ2) is 6.62. The molecule has 21 heavy (non-hydrogen) atoms. The van der Waals surface area contributed by atoms with E-state index in [-0.39, 0.29) is 18.2 Å². The van der Waals surface area contributed by atoms with Crippen molar-refractivity contribution in [3.8, 4) is 0 Å². The largest absolute Gasteiger partial charge is 0.388 e. The molecule has 0 aromatic rings. The first-order valence-corrected chi connectivity index (χ1v) is 9.48. The first-order chi connectivity index (χ1) is 9.88. The monoisotopic (exact) mass is 318 g/mol. The van der Waals surface area contributed by atoms with E-state index in [2.05, 4.69) is 5.32 Å². The molecule has 0 aromatic carbocycles. The molecule has 1 aliphatic carbocycles. The maximum atomic E-state index is 12.3. The Hall–Kier alpha value is -0.660. The molecular formula is C14H26N2O4S. The molecule has 2 fully saturated rings. The lowest BCUT2D eigenvalue weighted by atomic mass is 10.0. The van der Waals surface area contributed by atoms with Crippen LogP contribution in [0.3, 0.4) is 0 Å². The summed E-state index contributed by atoms with van der Waals surface area (Å²) in [5.74, 6) is -0.187. The molecule has 7 heteroatoms. The Kier molecular flexibility index (Phi) is 5.27. The van der Waals surface area contributed by atoms with Crippen LogP contribution in [-0.2, 0) is 14.8 Å². The lowest BCUT2D eigenvalue weighted by Gasteiger charge is -2.26. The van der Waals surface area contributed by atoms with E-state index in [4.69, 9.17) is 0 Å². The number of nitrogens with one attached hydrogen (secondary N) is 1. The van der Waals surface area contributed by atoms with Crippen LogP contribution in [0, 0.1) is 0 Å². The van der Waals surface area contributed by atoms with Crippen LogP contribution in [0.1, 0.15) is 51.9 Å². The average molecular weight is 318 g/mol. The van der Waals surface area contributed by atoms with E-state index in [0.29, 0.717) is 38.6 Å². The van der Waals surface area contributed by atoms with E-state index in [0.717, 1.165) is 12.8 Å². The van der Waals surface area contributed by atoms with Crippen molar-refractivity contribution in [3.05, 3.63) is 0 Å². The Morgan fingerprint density at radius 3 is 2.62 bits per heavy atom. The summed E-state index contributed by atoms with van der Waals surface area (Å²) in [4.78, 5) is 12.3. The Balaban J connectivity index is 1.94. The number of carbonyl (C=O) groups is 1. The Morgan fingerprint density at radius 2 is 2.00 bits per heavy atom. The van der Waals surface area contributed by atoms with Gasteiger partial charge in [0.05, 0.1) is 11.4 Å². The molecule has 1 heterocycles. The summed E-state index contributed by atoms with van der Waals surface area (Å²) in [6.07, 6.45) is 5.19. The van der Waals surface area contributed by atoms with Gasteiger partial charge in [0, 0.05) is 13.1 Å². The van der Waals surface area contributed by atoms with Crippen molar-refractivity contribution in [1.29, 1.82) is 0 Å². The highest BCUT2D eigenvalue weighted by Crippen LogP contribution is 2.29. The number of hydrogen-bond acceptors (Lipinski definition) is 4. The lowest BCUT2D eigenvalue weighted by Crippen LogP contribution is -2.50. The minimum Gasteiger partial charge on any atom is -0.388 e. The molecule has 1 saturated carbocycles. The zero-order valence-electron chi connectivity index (χ0n) is 12.7. The van der Waals surface area contributed by atoms with Crippen molar-refractivity contribution in [2.75, 3.05) is 18.8 Å². The van der Waals surface area contributed by atoms with Gasteiger partial charge in [-0.2, -0.15) is 4.31 Å². The zero-order chi connectivity index (χ0) is 15.5. The van der Waals surface area contributed by atoms with E-state index in [1.165, 1.54) is 4.31 Å². The van der Waals surface area contributed by atoms with Crippen molar-refractivity contribution < 1.29 is 18.3 Å². The van der Waals surface area contributed by atoms with E-state index in [9.17, 15) is 18.3 Å². The van der Waals surface area contributed by atoms with Crippen LogP contribution in [0.5, 0.6) is 0 Å². The summed E-state index contributed by atoms with van der Waals surface area (Å²) in [6, 6.07) is -0.605. The third-order valence-electron chi connectivity index (χ3n) is 4.45. The molecule has 2 rings (SSSR count). The molecule has 6 nitrogen and oxygen atoms in total. The number of aliphatic hydroxyl groups is 1. The summed E-state index contributed by atoms with van der Waals surface area (Å²) in [7, 11) is -3.35. The van der Waals surface area contributed by atoms with Crippen LogP contribution in [0.4, 0.5) is 0 Å². The van der Waals surface area contributed by atoms with Gasteiger partial charge in [-0.15, -0.1) is 0 Å². The minimum absolute atomic E-state index is 0.0840. The molecule has 2 N–H and O–H groups in total. The summed E-state index contributed by atoms with van der Waals surface area (Å²) in [5.41, 5.74) is -0.804. The fourth-order valence-electron chi connectivity index (χ4n) is 3.29. The second-order valence-electron chi connectivity index (χ2n) is 6.23. The number of hydrogen-bond donors (Lipinski definition) is 2. The van der Waals surface area contributed by atoms with Gasteiger partial charge in [0.2, 0.25) is 15.9 Å². The Bertz CT molecular complexity index is 471. The molecule has 0 aromatic heterocycles. The highest BCUT2D eigenvalue weighted by Gasteiger charge is 2.39. The van der Waals surface area contributed by atoms with E-state index in [1.807, 2.05) is 6.92 Å². The number of amides is 1. The van der Waals surface area contributed by atoms with Crippen molar-refractivity contribution in [3.63, 3.8) is 0 Å². The molecule has 1 saturated heterocycles. The fourth-order valence-corrected chi connectivity index (χ4v) is 5.04. The van der Waals surface area contributed by atoms with Crippen molar-refractivity contribution in [2.24, 2.45) is 0 Å². The van der Waals surface area contributed by atoms with Gasteiger partial charge >= 0.3 is 0 Å². The SMILES string of the molecule is CCCS(=O)(=O)N1CCCC1C(=O)NCC1(O)CCCC1.